The number of ether oxygens (including phenoxy) is 1. The van der Waals surface area contributed by atoms with Gasteiger partial charge in [-0.2, -0.15) is 0 Å². The van der Waals surface area contributed by atoms with Crippen LogP contribution >= 0.6 is 0 Å². The SMILES string of the molecule is C=C(C)CN1CCC(NC(=NCC(C)Oc2ccccc2)NCC)CC1. The Morgan fingerprint density at radius 2 is 2.00 bits per heavy atom. The van der Waals surface area contributed by atoms with Gasteiger partial charge in [0.25, 0.3) is 0 Å². The number of aliphatic imine (C=N–C) groups is 1. The van der Waals surface area contributed by atoms with Crippen molar-refractivity contribution >= 4 is 5.96 Å². The molecule has 0 saturated carbocycles. The van der Waals surface area contributed by atoms with E-state index in [2.05, 4.69) is 42.9 Å². The molecule has 1 unspecified atom stereocenters. The first-order valence-corrected chi connectivity index (χ1v) is 9.70. The van der Waals surface area contributed by atoms with E-state index in [-0.39, 0.29) is 6.10 Å². The number of para-hydroxylation sites is 1. The van der Waals surface area contributed by atoms with E-state index >= 15 is 0 Å². The molecular weight excluding hydrogens is 324 g/mol. The molecule has 1 saturated heterocycles. The van der Waals surface area contributed by atoms with Gasteiger partial charge in [-0.1, -0.05) is 30.4 Å². The van der Waals surface area contributed by atoms with Crippen molar-refractivity contribution in [3.05, 3.63) is 42.5 Å². The zero-order valence-corrected chi connectivity index (χ0v) is 16.5. The molecule has 2 N–H and O–H groups in total. The van der Waals surface area contributed by atoms with Gasteiger partial charge in [0.05, 0.1) is 6.54 Å². The van der Waals surface area contributed by atoms with Crippen molar-refractivity contribution in [1.29, 1.82) is 0 Å². The molecule has 0 radical (unpaired) electrons. The minimum atomic E-state index is 0.0327. The van der Waals surface area contributed by atoms with Gasteiger partial charge in [-0.15, -0.1) is 0 Å². The van der Waals surface area contributed by atoms with Crippen molar-refractivity contribution in [2.45, 2.75) is 45.8 Å². The number of hydrogen-bond donors (Lipinski definition) is 2. The fraction of sp³-hybridized carbons (Fsp3) is 0.571. The molecule has 1 aromatic rings. The van der Waals surface area contributed by atoms with E-state index in [1.807, 2.05) is 30.3 Å². The second-order valence-electron chi connectivity index (χ2n) is 7.11. The van der Waals surface area contributed by atoms with Crippen LogP contribution in [0.25, 0.3) is 0 Å². The molecular formula is C21H34N4O. The van der Waals surface area contributed by atoms with Crippen LogP contribution in [0.5, 0.6) is 5.75 Å². The van der Waals surface area contributed by atoms with E-state index in [1.54, 1.807) is 0 Å². The molecule has 0 bridgehead atoms. The van der Waals surface area contributed by atoms with Gasteiger partial charge in [-0.25, -0.2) is 4.99 Å². The lowest BCUT2D eigenvalue weighted by Gasteiger charge is -2.33. The Kier molecular flexibility index (Phi) is 8.48. The summed E-state index contributed by atoms with van der Waals surface area (Å²) >= 11 is 0. The average molecular weight is 359 g/mol. The van der Waals surface area contributed by atoms with Crippen molar-refractivity contribution < 1.29 is 4.74 Å². The van der Waals surface area contributed by atoms with Crippen molar-refractivity contribution in [1.82, 2.24) is 15.5 Å². The molecule has 0 amide bonds. The third-order valence-corrected chi connectivity index (χ3v) is 4.35. The van der Waals surface area contributed by atoms with Gasteiger partial charge in [0.15, 0.2) is 5.96 Å². The second kappa shape index (κ2) is 10.9. The van der Waals surface area contributed by atoms with Crippen molar-refractivity contribution in [2.24, 2.45) is 4.99 Å². The number of piperidine rings is 1. The molecule has 5 nitrogen and oxygen atoms in total. The van der Waals surface area contributed by atoms with Gasteiger partial charge in [0.2, 0.25) is 0 Å². The largest absolute Gasteiger partial charge is 0.489 e. The topological polar surface area (TPSA) is 48.9 Å². The van der Waals surface area contributed by atoms with Crippen molar-refractivity contribution in [3.63, 3.8) is 0 Å². The number of benzene rings is 1. The molecule has 26 heavy (non-hydrogen) atoms. The van der Waals surface area contributed by atoms with E-state index in [4.69, 9.17) is 9.73 Å². The highest BCUT2D eigenvalue weighted by Crippen LogP contribution is 2.12. The summed E-state index contributed by atoms with van der Waals surface area (Å²) in [6.07, 6.45) is 2.30. The molecule has 1 fully saturated rings. The Balaban J connectivity index is 1.80. The summed E-state index contributed by atoms with van der Waals surface area (Å²) in [5.41, 5.74) is 1.23. The maximum Gasteiger partial charge on any atom is 0.191 e. The third kappa shape index (κ3) is 7.48. The smallest absolute Gasteiger partial charge is 0.191 e. The van der Waals surface area contributed by atoms with Crippen LogP contribution in [0.4, 0.5) is 0 Å². The summed E-state index contributed by atoms with van der Waals surface area (Å²) in [6, 6.07) is 10.4. The molecule has 1 aliphatic heterocycles. The second-order valence-corrected chi connectivity index (χ2v) is 7.11. The summed E-state index contributed by atoms with van der Waals surface area (Å²) in [4.78, 5) is 7.19. The summed E-state index contributed by atoms with van der Waals surface area (Å²) < 4.78 is 5.91. The van der Waals surface area contributed by atoms with Gasteiger partial charge >= 0.3 is 0 Å². The summed E-state index contributed by atoms with van der Waals surface area (Å²) in [5, 5.41) is 6.93. The number of nitrogens with one attached hydrogen (secondary N) is 2. The molecule has 0 spiro atoms. The molecule has 5 heteroatoms. The van der Waals surface area contributed by atoms with Gasteiger partial charge in [0, 0.05) is 32.2 Å². The number of hydrogen-bond acceptors (Lipinski definition) is 3. The van der Waals surface area contributed by atoms with Crippen LogP contribution < -0.4 is 15.4 Å². The van der Waals surface area contributed by atoms with Gasteiger partial charge in [0.1, 0.15) is 11.9 Å². The highest BCUT2D eigenvalue weighted by molar-refractivity contribution is 5.80. The van der Waals surface area contributed by atoms with Gasteiger partial charge < -0.3 is 15.4 Å². The van der Waals surface area contributed by atoms with Gasteiger partial charge in [-0.3, -0.25) is 4.90 Å². The standard InChI is InChI=1S/C21H34N4O/c1-5-22-21(23-15-18(4)26-20-9-7-6-8-10-20)24-19-11-13-25(14-12-19)16-17(2)3/h6-10,18-19H,2,5,11-16H2,1,3-4H3,(H2,22,23,24). The number of likely N-dealkylation sites (tertiary alicyclic amines) is 1. The first kappa shape index (κ1) is 20.3. The Morgan fingerprint density at radius 3 is 2.62 bits per heavy atom. The van der Waals surface area contributed by atoms with E-state index in [1.165, 1.54) is 5.57 Å². The van der Waals surface area contributed by atoms with Crippen molar-refractivity contribution in [2.75, 3.05) is 32.7 Å². The van der Waals surface area contributed by atoms with E-state index in [0.29, 0.717) is 12.6 Å². The first-order valence-electron chi connectivity index (χ1n) is 9.70. The number of nitrogens with zero attached hydrogens (tertiary/aromatic N) is 2. The fourth-order valence-corrected chi connectivity index (χ4v) is 3.12. The lowest BCUT2D eigenvalue weighted by atomic mass is 10.0. The van der Waals surface area contributed by atoms with Crippen LogP contribution in [-0.4, -0.2) is 55.7 Å². The number of rotatable bonds is 8. The van der Waals surface area contributed by atoms with E-state index in [9.17, 15) is 0 Å². The van der Waals surface area contributed by atoms with Crippen LogP contribution in [0.2, 0.25) is 0 Å². The monoisotopic (exact) mass is 358 g/mol. The lowest BCUT2D eigenvalue weighted by molar-refractivity contribution is 0.220. The summed E-state index contributed by atoms with van der Waals surface area (Å²) in [7, 11) is 0. The van der Waals surface area contributed by atoms with Crippen LogP contribution in [-0.2, 0) is 0 Å². The Bertz CT molecular complexity index is 565. The average Bonchev–Trinajstić information content (AvgIpc) is 2.62. The molecule has 0 aromatic heterocycles. The van der Waals surface area contributed by atoms with Gasteiger partial charge in [-0.05, 0) is 45.7 Å². The minimum absolute atomic E-state index is 0.0327. The van der Waals surface area contributed by atoms with Crippen LogP contribution in [0.15, 0.2) is 47.5 Å². The predicted octanol–water partition coefficient (Wildman–Crippen LogP) is 3.05. The fourth-order valence-electron chi connectivity index (χ4n) is 3.12. The lowest BCUT2D eigenvalue weighted by Crippen LogP contribution is -2.49. The van der Waals surface area contributed by atoms with Crippen molar-refractivity contribution in [3.8, 4) is 5.75 Å². The van der Waals surface area contributed by atoms with E-state index < -0.39 is 0 Å². The van der Waals surface area contributed by atoms with E-state index in [0.717, 1.165) is 50.7 Å². The zero-order valence-electron chi connectivity index (χ0n) is 16.5. The highest BCUT2D eigenvalue weighted by Gasteiger charge is 2.19. The molecule has 1 atom stereocenters. The van der Waals surface area contributed by atoms with Crippen LogP contribution in [0, 0.1) is 0 Å². The molecule has 2 rings (SSSR count). The molecule has 0 aliphatic carbocycles. The Labute approximate surface area is 158 Å². The van der Waals surface area contributed by atoms with Crippen LogP contribution in [0.1, 0.15) is 33.6 Å². The van der Waals surface area contributed by atoms with Crippen LogP contribution in [0.3, 0.4) is 0 Å². The Hall–Kier alpha value is -2.01. The molecule has 144 valence electrons. The quantitative estimate of drug-likeness (QED) is 0.426. The maximum absolute atomic E-state index is 5.91. The maximum atomic E-state index is 5.91. The third-order valence-electron chi connectivity index (χ3n) is 4.35. The first-order chi connectivity index (χ1) is 12.6. The normalized spacial score (nSPS) is 17.6. The molecule has 1 aliphatic rings. The summed E-state index contributed by atoms with van der Waals surface area (Å²) in [5.74, 6) is 1.77. The number of guanidine groups is 1. The zero-order chi connectivity index (χ0) is 18.8. The molecule has 1 heterocycles. The highest BCUT2D eigenvalue weighted by atomic mass is 16.5. The summed E-state index contributed by atoms with van der Waals surface area (Å²) in [6.45, 7) is 15.0. The molecule has 1 aromatic carbocycles. The minimum Gasteiger partial charge on any atom is -0.489 e. The predicted molar refractivity (Wildman–Crippen MR) is 110 cm³/mol. The Morgan fingerprint density at radius 1 is 1.31 bits per heavy atom.